The monoisotopic (exact) mass is 201 g/mol. The van der Waals surface area contributed by atoms with E-state index in [1.54, 1.807) is 0 Å². The molecule has 0 amide bonds. The van der Waals surface area contributed by atoms with Crippen molar-refractivity contribution in [3.8, 4) is 0 Å². The summed E-state index contributed by atoms with van der Waals surface area (Å²) >= 11 is 0. The highest BCUT2D eigenvalue weighted by Crippen LogP contribution is 2.38. The smallest absolute Gasteiger partial charge is 0.400 e. The Kier molecular flexibility index (Phi) is 2.08. The van der Waals surface area contributed by atoms with Crippen LogP contribution in [0.4, 0.5) is 0 Å². The van der Waals surface area contributed by atoms with E-state index in [0.29, 0.717) is 5.47 Å². The Morgan fingerprint density at radius 1 is 1.36 bits per heavy atom. The van der Waals surface area contributed by atoms with Gasteiger partial charge in [-0.15, -0.1) is 6.58 Å². The van der Waals surface area contributed by atoms with E-state index >= 15 is 0 Å². The summed E-state index contributed by atoms with van der Waals surface area (Å²) in [5.74, 6) is 0. The van der Waals surface area contributed by atoms with Gasteiger partial charge in [-0.2, -0.15) is 0 Å². The maximum absolute atomic E-state index is 6.94. The van der Waals surface area contributed by atoms with E-state index in [1.807, 2.05) is 27.7 Å². The van der Waals surface area contributed by atoms with Crippen molar-refractivity contribution in [2.24, 2.45) is 0 Å². The normalized spacial score (nSPS) is 28.0. The third kappa shape index (κ3) is 2.02. The van der Waals surface area contributed by atoms with Gasteiger partial charge in [0.1, 0.15) is 0 Å². The molecule has 0 bridgehead atoms. The molecule has 4 heteroatoms. The molecule has 0 aromatic heterocycles. The van der Waals surface area contributed by atoms with Crippen LogP contribution in [0.1, 0.15) is 31.8 Å². The van der Waals surface area contributed by atoms with Gasteiger partial charge in [-0.25, -0.2) is 0 Å². The summed E-state index contributed by atoms with van der Waals surface area (Å²) in [4.78, 5) is 0. The quantitative estimate of drug-likeness (QED) is 0.652. The van der Waals surface area contributed by atoms with Crippen LogP contribution in [0, 0.1) is 0 Å². The summed E-state index contributed by atoms with van der Waals surface area (Å²) in [6, 6.07) is 0. The van der Waals surface area contributed by atoms with E-state index in [1.165, 1.54) is 0 Å². The predicted molar refractivity (Wildman–Crippen MR) is 57.1 cm³/mol. The average Bonchev–Trinajstić information content (AvgIpc) is 2.31. The molecule has 1 saturated heterocycles. The van der Waals surface area contributed by atoms with Crippen LogP contribution in [0.2, 0.25) is 0 Å². The van der Waals surface area contributed by atoms with Gasteiger partial charge in [0.05, 0.1) is 21.9 Å². The Bertz CT molecular complexity index is 296. The minimum atomic E-state index is -2.42. The SMILES string of the molecule is [2H]C([2H])([2H])OCC(=C)B1OC(C)(C)C(C)(C)O1. The highest BCUT2D eigenvalue weighted by Gasteiger charge is 2.51. The molecule has 0 aromatic rings. The molecule has 0 aliphatic carbocycles. The standard InChI is InChI=1S/C10H19BO3/c1-8(7-12-6)11-13-9(2,3)10(4,5)14-11/h1,7H2,2-6H3/i6D3. The Hall–Kier alpha value is -0.315. The van der Waals surface area contributed by atoms with E-state index in [4.69, 9.17) is 13.4 Å². The summed E-state index contributed by atoms with van der Waals surface area (Å²) < 4.78 is 36.9. The molecule has 1 aliphatic rings. The summed E-state index contributed by atoms with van der Waals surface area (Å²) in [5, 5.41) is 0. The molecule has 80 valence electrons. The molecule has 0 aromatic carbocycles. The fraction of sp³-hybridized carbons (Fsp3) is 0.800. The summed E-state index contributed by atoms with van der Waals surface area (Å²) in [5.41, 5.74) is -0.443. The van der Waals surface area contributed by atoms with Gasteiger partial charge in [0.2, 0.25) is 0 Å². The van der Waals surface area contributed by atoms with Crippen molar-refractivity contribution in [3.05, 3.63) is 12.1 Å². The Morgan fingerprint density at radius 3 is 2.29 bits per heavy atom. The van der Waals surface area contributed by atoms with Crippen molar-refractivity contribution < 1.29 is 18.2 Å². The molecule has 0 saturated carbocycles. The van der Waals surface area contributed by atoms with Crippen molar-refractivity contribution in [1.82, 2.24) is 0 Å². The molecule has 1 heterocycles. The number of rotatable bonds is 3. The van der Waals surface area contributed by atoms with Crippen molar-refractivity contribution in [1.29, 1.82) is 0 Å². The molecule has 0 atom stereocenters. The second kappa shape index (κ2) is 3.68. The van der Waals surface area contributed by atoms with Crippen LogP contribution in [-0.4, -0.2) is 32.0 Å². The van der Waals surface area contributed by atoms with Crippen LogP contribution in [0.5, 0.6) is 0 Å². The van der Waals surface area contributed by atoms with Crippen molar-refractivity contribution in [2.45, 2.75) is 38.9 Å². The molecule has 0 N–H and O–H groups in total. The molecule has 0 unspecified atom stereocenters. The first-order valence-corrected chi connectivity index (χ1v) is 4.62. The van der Waals surface area contributed by atoms with E-state index in [0.717, 1.165) is 0 Å². The lowest BCUT2D eigenvalue weighted by Gasteiger charge is -2.32. The van der Waals surface area contributed by atoms with Gasteiger partial charge in [0.15, 0.2) is 0 Å². The zero-order valence-electron chi connectivity index (χ0n) is 12.2. The lowest BCUT2D eigenvalue weighted by Crippen LogP contribution is -2.41. The van der Waals surface area contributed by atoms with Crippen LogP contribution < -0.4 is 0 Å². The first kappa shape index (κ1) is 7.91. The molecule has 0 radical (unpaired) electrons. The van der Waals surface area contributed by atoms with E-state index < -0.39 is 25.4 Å². The lowest BCUT2D eigenvalue weighted by molar-refractivity contribution is 0.00578. The van der Waals surface area contributed by atoms with Crippen LogP contribution in [0.25, 0.3) is 0 Å². The van der Waals surface area contributed by atoms with Crippen molar-refractivity contribution in [3.63, 3.8) is 0 Å². The van der Waals surface area contributed by atoms with E-state index in [2.05, 4.69) is 11.3 Å². The molecule has 1 rings (SSSR count). The van der Waals surface area contributed by atoms with Crippen molar-refractivity contribution >= 4 is 7.12 Å². The Balaban J connectivity index is 2.57. The highest BCUT2D eigenvalue weighted by atomic mass is 16.7. The van der Waals surface area contributed by atoms with Gasteiger partial charge in [-0.05, 0) is 33.2 Å². The van der Waals surface area contributed by atoms with Gasteiger partial charge in [0, 0.05) is 7.04 Å². The van der Waals surface area contributed by atoms with Gasteiger partial charge >= 0.3 is 7.12 Å². The second-order valence-corrected chi connectivity index (χ2v) is 4.54. The zero-order valence-corrected chi connectivity index (χ0v) is 9.22. The van der Waals surface area contributed by atoms with Crippen molar-refractivity contribution in [2.75, 3.05) is 13.6 Å². The molecule has 3 nitrogen and oxygen atoms in total. The molecular formula is C10H19BO3. The fourth-order valence-electron chi connectivity index (χ4n) is 1.17. The maximum Gasteiger partial charge on any atom is 0.492 e. The first-order valence-electron chi connectivity index (χ1n) is 6.12. The van der Waals surface area contributed by atoms with Crippen LogP contribution in [0.15, 0.2) is 12.1 Å². The van der Waals surface area contributed by atoms with Gasteiger partial charge in [-0.3, -0.25) is 0 Å². The number of ether oxygens (including phenoxy) is 1. The minimum absolute atomic E-state index is 0.104. The summed E-state index contributed by atoms with van der Waals surface area (Å²) in [6.45, 7) is 11.3. The molecular weight excluding hydrogens is 179 g/mol. The first-order chi connectivity index (χ1) is 7.45. The zero-order chi connectivity index (χ0) is 13.5. The highest BCUT2D eigenvalue weighted by molar-refractivity contribution is 6.54. The second-order valence-electron chi connectivity index (χ2n) is 4.54. The number of methoxy groups -OCH3 is 1. The lowest BCUT2D eigenvalue weighted by atomic mass is 9.80. The molecule has 14 heavy (non-hydrogen) atoms. The van der Waals surface area contributed by atoms with E-state index in [-0.39, 0.29) is 6.61 Å². The summed E-state index contributed by atoms with van der Waals surface area (Å²) in [7, 11) is -3.05. The largest absolute Gasteiger partial charge is 0.492 e. The van der Waals surface area contributed by atoms with Gasteiger partial charge in [-0.1, -0.05) is 0 Å². The summed E-state index contributed by atoms with van der Waals surface area (Å²) in [6.07, 6.45) is 0. The molecule has 1 aliphatic heterocycles. The Morgan fingerprint density at radius 2 is 1.86 bits per heavy atom. The third-order valence-corrected chi connectivity index (χ3v) is 2.84. The van der Waals surface area contributed by atoms with E-state index in [9.17, 15) is 0 Å². The maximum atomic E-state index is 6.94. The predicted octanol–water partition coefficient (Wildman–Crippen LogP) is 1.82. The average molecular weight is 201 g/mol. The van der Waals surface area contributed by atoms with Gasteiger partial charge < -0.3 is 14.0 Å². The molecule has 0 spiro atoms. The number of hydrogen-bond donors (Lipinski definition) is 0. The Labute approximate surface area is 90.8 Å². The third-order valence-electron chi connectivity index (χ3n) is 2.84. The minimum Gasteiger partial charge on any atom is -0.400 e. The number of hydrogen-bond acceptors (Lipinski definition) is 3. The van der Waals surface area contributed by atoms with Crippen LogP contribution in [0.3, 0.4) is 0 Å². The van der Waals surface area contributed by atoms with Gasteiger partial charge in [0.25, 0.3) is 0 Å². The molecule has 1 fully saturated rings. The van der Waals surface area contributed by atoms with Crippen LogP contribution in [-0.2, 0) is 14.0 Å². The van der Waals surface area contributed by atoms with Crippen LogP contribution >= 0.6 is 0 Å². The topological polar surface area (TPSA) is 27.7 Å². The fourth-order valence-corrected chi connectivity index (χ4v) is 1.17.